The minimum absolute atomic E-state index is 0.423. The quantitative estimate of drug-likeness (QED) is 0.696. The molecule has 1 aliphatic rings. The van der Waals surface area contributed by atoms with E-state index >= 15 is 0 Å². The maximum Gasteiger partial charge on any atom is 0.137 e. The van der Waals surface area contributed by atoms with Crippen LogP contribution in [-0.2, 0) is 0 Å². The summed E-state index contributed by atoms with van der Waals surface area (Å²) in [6.45, 7) is 6.13. The average Bonchev–Trinajstić information content (AvgIpc) is 3.05. The standard InChI is InChI=1S/C22H28ClN5O/c1-16-22(24-20-6-4-5-9-28(16)20)18-14-17(7-8-19(18)23)26-10-12-27(13-11-26)21(29)15-25(2)3/h4-9,14,21,29H,10-13,15H2,1-3H3. The van der Waals surface area contributed by atoms with Gasteiger partial charge in [-0.2, -0.15) is 0 Å². The highest BCUT2D eigenvalue weighted by atomic mass is 35.5. The van der Waals surface area contributed by atoms with E-state index in [2.05, 4.69) is 33.3 Å². The number of fused-ring (bicyclic) bond motifs is 1. The molecule has 0 aliphatic carbocycles. The molecule has 154 valence electrons. The maximum absolute atomic E-state index is 10.4. The first-order chi connectivity index (χ1) is 13.9. The van der Waals surface area contributed by atoms with Crippen LogP contribution in [0.15, 0.2) is 42.6 Å². The molecule has 1 fully saturated rings. The van der Waals surface area contributed by atoms with Gasteiger partial charge in [-0.1, -0.05) is 17.7 Å². The summed E-state index contributed by atoms with van der Waals surface area (Å²) in [4.78, 5) is 11.3. The predicted octanol–water partition coefficient (Wildman–Crippen LogP) is 2.97. The third-order valence-electron chi connectivity index (χ3n) is 5.60. The van der Waals surface area contributed by atoms with E-state index in [1.807, 2.05) is 49.5 Å². The number of aliphatic hydroxyl groups is 1. The van der Waals surface area contributed by atoms with Crippen LogP contribution >= 0.6 is 11.6 Å². The number of likely N-dealkylation sites (N-methyl/N-ethyl adjacent to an activating group) is 1. The first-order valence-corrected chi connectivity index (χ1v) is 10.4. The summed E-state index contributed by atoms with van der Waals surface area (Å²) >= 11 is 6.57. The van der Waals surface area contributed by atoms with Crippen molar-refractivity contribution in [1.29, 1.82) is 0 Å². The van der Waals surface area contributed by atoms with Crippen molar-refractivity contribution in [3.8, 4) is 11.3 Å². The summed E-state index contributed by atoms with van der Waals surface area (Å²) in [5.74, 6) is 0. The molecule has 0 radical (unpaired) electrons. The lowest BCUT2D eigenvalue weighted by Crippen LogP contribution is -2.52. The molecule has 1 N–H and O–H groups in total. The molecule has 1 aromatic carbocycles. The Hall–Kier alpha value is -2.12. The molecule has 2 aromatic heterocycles. The molecule has 0 amide bonds. The normalized spacial score (nSPS) is 16.7. The summed E-state index contributed by atoms with van der Waals surface area (Å²) in [5, 5.41) is 11.1. The van der Waals surface area contributed by atoms with E-state index in [9.17, 15) is 5.11 Å². The largest absolute Gasteiger partial charge is 0.377 e. The summed E-state index contributed by atoms with van der Waals surface area (Å²) in [6, 6.07) is 12.2. The van der Waals surface area contributed by atoms with Crippen LogP contribution < -0.4 is 4.90 Å². The second-order valence-corrected chi connectivity index (χ2v) is 8.31. The van der Waals surface area contributed by atoms with Crippen LogP contribution in [0.2, 0.25) is 5.02 Å². The molecule has 1 atom stereocenters. The van der Waals surface area contributed by atoms with Crippen molar-refractivity contribution in [1.82, 2.24) is 19.2 Å². The summed E-state index contributed by atoms with van der Waals surface area (Å²) in [5.41, 5.74) is 5.02. The van der Waals surface area contributed by atoms with E-state index in [0.29, 0.717) is 11.6 Å². The summed E-state index contributed by atoms with van der Waals surface area (Å²) in [6.07, 6.45) is 1.60. The van der Waals surface area contributed by atoms with E-state index in [-0.39, 0.29) is 0 Å². The van der Waals surface area contributed by atoms with Gasteiger partial charge in [-0.3, -0.25) is 4.90 Å². The third kappa shape index (κ3) is 4.12. The molecule has 1 saturated heterocycles. The Balaban J connectivity index is 1.56. The number of benzene rings is 1. The van der Waals surface area contributed by atoms with E-state index in [4.69, 9.17) is 16.6 Å². The summed E-state index contributed by atoms with van der Waals surface area (Å²) in [7, 11) is 3.96. The molecule has 29 heavy (non-hydrogen) atoms. The van der Waals surface area contributed by atoms with E-state index < -0.39 is 6.23 Å². The van der Waals surface area contributed by atoms with Gasteiger partial charge in [0.05, 0.1) is 10.7 Å². The Morgan fingerprint density at radius 2 is 1.90 bits per heavy atom. The van der Waals surface area contributed by atoms with Crippen LogP contribution in [0.25, 0.3) is 16.9 Å². The molecule has 0 spiro atoms. The van der Waals surface area contributed by atoms with Gasteiger partial charge >= 0.3 is 0 Å². The molecule has 7 heteroatoms. The van der Waals surface area contributed by atoms with Crippen molar-refractivity contribution in [2.75, 3.05) is 51.7 Å². The molecule has 0 bridgehead atoms. The number of aryl methyl sites for hydroxylation is 1. The van der Waals surface area contributed by atoms with Gasteiger partial charge in [0.15, 0.2) is 0 Å². The highest BCUT2D eigenvalue weighted by Gasteiger charge is 2.23. The zero-order valence-corrected chi connectivity index (χ0v) is 18.0. The number of halogens is 1. The number of hydrogen-bond acceptors (Lipinski definition) is 5. The molecule has 1 aliphatic heterocycles. The number of rotatable bonds is 5. The Kier molecular flexibility index (Phi) is 5.79. The minimum Gasteiger partial charge on any atom is -0.377 e. The van der Waals surface area contributed by atoms with Crippen LogP contribution in [0.4, 0.5) is 5.69 Å². The molecule has 1 unspecified atom stereocenters. The lowest BCUT2D eigenvalue weighted by molar-refractivity contribution is -0.0154. The molecular formula is C22H28ClN5O. The monoisotopic (exact) mass is 413 g/mol. The Bertz CT molecular complexity index is 994. The van der Waals surface area contributed by atoms with E-state index in [0.717, 1.165) is 54.5 Å². The van der Waals surface area contributed by atoms with Crippen molar-refractivity contribution >= 4 is 22.9 Å². The van der Waals surface area contributed by atoms with Crippen molar-refractivity contribution in [3.05, 3.63) is 53.3 Å². The highest BCUT2D eigenvalue weighted by molar-refractivity contribution is 6.33. The molecule has 4 rings (SSSR count). The zero-order chi connectivity index (χ0) is 20.5. The zero-order valence-electron chi connectivity index (χ0n) is 17.2. The van der Waals surface area contributed by atoms with Gasteiger partial charge in [0.2, 0.25) is 0 Å². The Morgan fingerprint density at radius 1 is 1.14 bits per heavy atom. The number of hydrogen-bond donors (Lipinski definition) is 1. The second kappa shape index (κ2) is 8.32. The maximum atomic E-state index is 10.4. The number of anilines is 1. The topological polar surface area (TPSA) is 47.2 Å². The SMILES string of the molecule is Cc1c(-c2cc(N3CCN(C(O)CN(C)C)CC3)ccc2Cl)nc2ccccn12. The number of nitrogens with zero attached hydrogens (tertiary/aromatic N) is 5. The smallest absolute Gasteiger partial charge is 0.137 e. The minimum atomic E-state index is -0.423. The molecular weight excluding hydrogens is 386 g/mol. The van der Waals surface area contributed by atoms with Gasteiger partial charge in [0, 0.05) is 55.9 Å². The van der Waals surface area contributed by atoms with Crippen LogP contribution in [-0.4, -0.2) is 77.3 Å². The first kappa shape index (κ1) is 20.2. The summed E-state index contributed by atoms with van der Waals surface area (Å²) < 4.78 is 2.09. The van der Waals surface area contributed by atoms with E-state index in [1.54, 1.807) is 0 Å². The van der Waals surface area contributed by atoms with Crippen LogP contribution in [0.1, 0.15) is 5.69 Å². The van der Waals surface area contributed by atoms with Crippen molar-refractivity contribution in [2.24, 2.45) is 0 Å². The van der Waals surface area contributed by atoms with Crippen molar-refractivity contribution < 1.29 is 5.11 Å². The number of imidazole rings is 1. The number of pyridine rings is 1. The third-order valence-corrected chi connectivity index (χ3v) is 5.93. The van der Waals surface area contributed by atoms with Crippen molar-refractivity contribution in [3.63, 3.8) is 0 Å². The first-order valence-electron chi connectivity index (χ1n) is 9.99. The second-order valence-electron chi connectivity index (χ2n) is 7.90. The van der Waals surface area contributed by atoms with Gasteiger partial charge in [-0.25, -0.2) is 4.98 Å². The van der Waals surface area contributed by atoms with Gasteiger partial charge in [-0.05, 0) is 51.4 Å². The van der Waals surface area contributed by atoms with Gasteiger partial charge in [0.1, 0.15) is 11.9 Å². The number of aliphatic hydroxyl groups excluding tert-OH is 1. The Morgan fingerprint density at radius 3 is 2.59 bits per heavy atom. The molecule has 3 aromatic rings. The average molecular weight is 414 g/mol. The molecule has 3 heterocycles. The van der Waals surface area contributed by atoms with Crippen LogP contribution in [0, 0.1) is 6.92 Å². The fourth-order valence-corrected chi connectivity index (χ4v) is 4.19. The van der Waals surface area contributed by atoms with Crippen LogP contribution in [0.5, 0.6) is 0 Å². The highest BCUT2D eigenvalue weighted by Crippen LogP contribution is 2.34. The molecule has 0 saturated carbocycles. The van der Waals surface area contributed by atoms with Gasteiger partial charge < -0.3 is 19.3 Å². The number of aromatic nitrogens is 2. The fraction of sp³-hybridized carbons (Fsp3) is 0.409. The van der Waals surface area contributed by atoms with E-state index in [1.165, 1.54) is 0 Å². The predicted molar refractivity (Wildman–Crippen MR) is 119 cm³/mol. The lowest BCUT2D eigenvalue weighted by atomic mass is 10.1. The van der Waals surface area contributed by atoms with Gasteiger partial charge in [-0.15, -0.1) is 0 Å². The van der Waals surface area contributed by atoms with Gasteiger partial charge in [0.25, 0.3) is 0 Å². The lowest BCUT2D eigenvalue weighted by Gasteiger charge is -2.39. The Labute approximate surface area is 176 Å². The van der Waals surface area contributed by atoms with Crippen LogP contribution in [0.3, 0.4) is 0 Å². The van der Waals surface area contributed by atoms with Crippen molar-refractivity contribution in [2.45, 2.75) is 13.2 Å². The molecule has 6 nitrogen and oxygen atoms in total. The fourth-order valence-electron chi connectivity index (χ4n) is 3.99. The number of piperazine rings is 1.